The second kappa shape index (κ2) is 8.25. The van der Waals surface area contributed by atoms with Gasteiger partial charge in [0.25, 0.3) is 0 Å². The molecule has 1 N–H and O–H groups in total. The molecule has 1 aliphatic heterocycles. The van der Waals surface area contributed by atoms with Gasteiger partial charge >= 0.3 is 0 Å². The maximum absolute atomic E-state index is 4.83. The monoisotopic (exact) mass is 438 g/mol. The molecule has 1 unspecified atom stereocenters. The van der Waals surface area contributed by atoms with Crippen molar-refractivity contribution in [3.63, 3.8) is 0 Å². The fraction of sp³-hybridized carbons (Fsp3) is 0.143. The fourth-order valence-corrected chi connectivity index (χ4v) is 3.90. The number of pyridine rings is 1. The number of anilines is 1. The van der Waals surface area contributed by atoms with Crippen LogP contribution in [0.5, 0.6) is 0 Å². The van der Waals surface area contributed by atoms with Gasteiger partial charge in [0.2, 0.25) is 0 Å². The number of hydrogen-bond donors (Lipinski definition) is 1. The molecule has 0 radical (unpaired) electrons. The average Bonchev–Trinajstić information content (AvgIpc) is 2.74. The van der Waals surface area contributed by atoms with Crippen LogP contribution < -0.4 is 10.5 Å². The third-order valence-corrected chi connectivity index (χ3v) is 5.87. The second-order valence-corrected chi connectivity index (χ2v) is 7.92. The molecule has 1 atom stereocenters. The van der Waals surface area contributed by atoms with Gasteiger partial charge in [-0.3, -0.25) is 4.98 Å². The van der Waals surface area contributed by atoms with Gasteiger partial charge in [0.05, 0.1) is 23.1 Å². The zero-order valence-electron chi connectivity index (χ0n) is 14.8. The molecule has 0 aliphatic carbocycles. The third-order valence-electron chi connectivity index (χ3n) is 4.46. The minimum absolute atomic E-state index is 0.113. The summed E-state index contributed by atoms with van der Waals surface area (Å²) in [5.74, 6) is 0. The SMILES string of the molecule is CSc1ccc(C2CC(c3ccccn3)=NN(c3ccccc3Br)N2)cc1. The molecule has 2 aromatic carbocycles. The van der Waals surface area contributed by atoms with Gasteiger partial charge in [-0.1, -0.05) is 30.3 Å². The van der Waals surface area contributed by atoms with E-state index in [9.17, 15) is 0 Å². The minimum Gasteiger partial charge on any atom is -0.255 e. The standard InChI is InChI=1S/C21H19BrN4S/c1-27-16-11-9-15(10-12-16)19-14-20(18-7-4-5-13-23-18)25-26(24-19)21-8-3-2-6-17(21)22/h2-13,19,24H,14H2,1H3. The lowest BCUT2D eigenvalue weighted by molar-refractivity contribution is 0.500. The first-order valence-corrected chi connectivity index (χ1v) is 10.7. The lowest BCUT2D eigenvalue weighted by atomic mass is 9.99. The van der Waals surface area contributed by atoms with Crippen LogP contribution >= 0.6 is 27.7 Å². The lowest BCUT2D eigenvalue weighted by Gasteiger charge is -2.33. The molecule has 0 saturated heterocycles. The van der Waals surface area contributed by atoms with Gasteiger partial charge in [0, 0.05) is 22.0 Å². The smallest absolute Gasteiger partial charge is 0.0921 e. The van der Waals surface area contributed by atoms with Crippen LogP contribution in [0.15, 0.2) is 87.4 Å². The van der Waals surface area contributed by atoms with E-state index in [2.05, 4.69) is 56.9 Å². The molecule has 0 spiro atoms. The number of hydrazine groups is 1. The number of thioether (sulfide) groups is 1. The van der Waals surface area contributed by atoms with Crippen molar-refractivity contribution in [1.29, 1.82) is 0 Å². The summed E-state index contributed by atoms with van der Waals surface area (Å²) in [6, 6.07) is 22.8. The number of rotatable bonds is 4. The summed E-state index contributed by atoms with van der Waals surface area (Å²) in [5.41, 5.74) is 7.61. The number of benzene rings is 2. The van der Waals surface area contributed by atoms with Crippen LogP contribution in [0, 0.1) is 0 Å². The van der Waals surface area contributed by atoms with Crippen LogP contribution in [-0.2, 0) is 0 Å². The molecule has 0 bridgehead atoms. The summed E-state index contributed by atoms with van der Waals surface area (Å²) in [7, 11) is 0. The largest absolute Gasteiger partial charge is 0.255 e. The Hall–Kier alpha value is -2.15. The van der Waals surface area contributed by atoms with Crippen molar-refractivity contribution in [2.45, 2.75) is 17.4 Å². The van der Waals surface area contributed by atoms with Crippen LogP contribution in [0.1, 0.15) is 23.7 Å². The van der Waals surface area contributed by atoms with Gasteiger partial charge in [-0.05, 0) is 64.1 Å². The molecule has 6 heteroatoms. The third kappa shape index (κ3) is 4.08. The first-order chi connectivity index (χ1) is 13.2. The van der Waals surface area contributed by atoms with Crippen molar-refractivity contribution < 1.29 is 0 Å². The molecular weight excluding hydrogens is 420 g/mol. The molecule has 136 valence electrons. The Morgan fingerprint density at radius 1 is 1.04 bits per heavy atom. The Kier molecular flexibility index (Phi) is 5.57. The first kappa shape index (κ1) is 18.2. The maximum Gasteiger partial charge on any atom is 0.0921 e. The highest BCUT2D eigenvalue weighted by molar-refractivity contribution is 9.10. The number of hydrogen-bond acceptors (Lipinski definition) is 5. The summed E-state index contributed by atoms with van der Waals surface area (Å²) in [5, 5.41) is 6.69. The number of nitrogens with zero attached hydrogens (tertiary/aromatic N) is 3. The van der Waals surface area contributed by atoms with Crippen molar-refractivity contribution in [3.8, 4) is 0 Å². The van der Waals surface area contributed by atoms with Crippen molar-refractivity contribution in [2.75, 3.05) is 11.4 Å². The Balaban J connectivity index is 1.72. The van der Waals surface area contributed by atoms with Gasteiger partial charge in [-0.2, -0.15) is 10.2 Å². The maximum atomic E-state index is 4.83. The minimum atomic E-state index is 0.113. The van der Waals surface area contributed by atoms with Gasteiger partial charge < -0.3 is 0 Å². The van der Waals surface area contributed by atoms with Crippen molar-refractivity contribution >= 4 is 39.1 Å². The summed E-state index contributed by atoms with van der Waals surface area (Å²) < 4.78 is 0.986. The van der Waals surface area contributed by atoms with E-state index in [0.717, 1.165) is 28.0 Å². The molecule has 27 heavy (non-hydrogen) atoms. The van der Waals surface area contributed by atoms with E-state index < -0.39 is 0 Å². The lowest BCUT2D eigenvalue weighted by Crippen LogP contribution is -2.43. The summed E-state index contributed by atoms with van der Waals surface area (Å²) >= 11 is 5.38. The predicted molar refractivity (Wildman–Crippen MR) is 116 cm³/mol. The number of hydrazone groups is 1. The van der Waals surface area contributed by atoms with E-state index >= 15 is 0 Å². The molecular formula is C21H19BrN4S. The molecule has 3 aromatic rings. The second-order valence-electron chi connectivity index (χ2n) is 6.18. The number of halogens is 1. The molecule has 1 aliphatic rings. The zero-order chi connectivity index (χ0) is 18.6. The van der Waals surface area contributed by atoms with Crippen LogP contribution in [0.4, 0.5) is 5.69 Å². The molecule has 0 amide bonds. The van der Waals surface area contributed by atoms with Gasteiger partial charge in [0.15, 0.2) is 0 Å². The topological polar surface area (TPSA) is 40.5 Å². The number of aromatic nitrogens is 1. The highest BCUT2D eigenvalue weighted by Gasteiger charge is 2.26. The van der Waals surface area contributed by atoms with E-state index in [1.807, 2.05) is 53.8 Å². The van der Waals surface area contributed by atoms with Gasteiger partial charge in [0.1, 0.15) is 0 Å². The molecule has 0 fully saturated rings. The van der Waals surface area contributed by atoms with E-state index in [4.69, 9.17) is 5.10 Å². The Morgan fingerprint density at radius 3 is 2.52 bits per heavy atom. The van der Waals surface area contributed by atoms with Gasteiger partial charge in [-0.25, -0.2) is 5.43 Å². The first-order valence-electron chi connectivity index (χ1n) is 8.68. The normalized spacial score (nSPS) is 16.9. The highest BCUT2D eigenvalue weighted by Crippen LogP contribution is 2.31. The van der Waals surface area contributed by atoms with E-state index in [0.29, 0.717) is 0 Å². The predicted octanol–water partition coefficient (Wildman–Crippen LogP) is 5.43. The molecule has 1 aromatic heterocycles. The summed E-state index contributed by atoms with van der Waals surface area (Å²) in [4.78, 5) is 5.77. The molecule has 4 nitrogen and oxygen atoms in total. The zero-order valence-corrected chi connectivity index (χ0v) is 17.2. The average molecular weight is 439 g/mol. The van der Waals surface area contributed by atoms with E-state index in [1.165, 1.54) is 10.5 Å². The van der Waals surface area contributed by atoms with Crippen molar-refractivity contribution in [2.24, 2.45) is 5.10 Å². The Bertz CT molecular complexity index is 944. The Labute approximate surface area is 171 Å². The summed E-state index contributed by atoms with van der Waals surface area (Å²) in [6.45, 7) is 0. The van der Waals surface area contributed by atoms with E-state index in [-0.39, 0.29) is 6.04 Å². The van der Waals surface area contributed by atoms with Crippen molar-refractivity contribution in [3.05, 3.63) is 88.7 Å². The van der Waals surface area contributed by atoms with E-state index in [1.54, 1.807) is 11.8 Å². The van der Waals surface area contributed by atoms with Crippen LogP contribution in [-0.4, -0.2) is 17.0 Å². The van der Waals surface area contributed by atoms with Crippen LogP contribution in [0.2, 0.25) is 0 Å². The van der Waals surface area contributed by atoms with Crippen molar-refractivity contribution in [1.82, 2.24) is 10.4 Å². The van der Waals surface area contributed by atoms with Gasteiger partial charge in [-0.15, -0.1) is 11.8 Å². The quantitative estimate of drug-likeness (QED) is 0.551. The number of para-hydroxylation sites is 1. The van der Waals surface area contributed by atoms with Crippen LogP contribution in [0.25, 0.3) is 0 Å². The molecule has 4 rings (SSSR count). The van der Waals surface area contributed by atoms with Crippen LogP contribution in [0.3, 0.4) is 0 Å². The summed E-state index contributed by atoms with van der Waals surface area (Å²) in [6.07, 6.45) is 4.68. The fourth-order valence-electron chi connectivity index (χ4n) is 3.04. The number of nitrogens with one attached hydrogen (secondary N) is 1. The molecule has 0 saturated carbocycles. The Morgan fingerprint density at radius 2 is 1.81 bits per heavy atom. The molecule has 2 heterocycles. The highest BCUT2D eigenvalue weighted by atomic mass is 79.9.